The monoisotopic (exact) mass is 397 g/mol. The summed E-state index contributed by atoms with van der Waals surface area (Å²) in [5.74, 6) is -0.147. The van der Waals surface area contributed by atoms with Gasteiger partial charge in [0.2, 0.25) is 0 Å². The van der Waals surface area contributed by atoms with Crippen molar-refractivity contribution in [1.29, 1.82) is 0 Å². The molecule has 1 aromatic heterocycles. The molecule has 0 saturated carbocycles. The zero-order chi connectivity index (χ0) is 21.5. The highest BCUT2D eigenvalue weighted by atomic mass is 16.5. The van der Waals surface area contributed by atoms with Crippen molar-refractivity contribution in [3.8, 4) is 5.75 Å². The van der Waals surface area contributed by atoms with E-state index in [4.69, 9.17) is 4.74 Å². The van der Waals surface area contributed by atoms with Crippen molar-refractivity contribution in [2.24, 2.45) is 5.41 Å². The van der Waals surface area contributed by atoms with E-state index in [0.29, 0.717) is 23.4 Å². The van der Waals surface area contributed by atoms with Crippen LogP contribution in [0.4, 0.5) is 5.69 Å². The SMILES string of the molecule is CC[C@H]1Oc2ccc(C(=O)n3nc(C)cc3C)cc2N(CC(=O)C(C)(C)C)C1=O. The van der Waals surface area contributed by atoms with E-state index in [1.54, 1.807) is 18.2 Å². The Morgan fingerprint density at radius 1 is 1.17 bits per heavy atom. The van der Waals surface area contributed by atoms with E-state index in [1.165, 1.54) is 9.58 Å². The standard InChI is InChI=1S/C22H27N3O4/c1-7-17-21(28)24(12-19(26)22(4,5)6)16-11-15(8-9-18(16)29-17)20(27)25-14(3)10-13(2)23-25/h8-11,17H,7,12H2,1-6H3/t17-/m1/s1. The normalized spacial score (nSPS) is 16.4. The molecule has 154 valence electrons. The first kappa shape index (κ1) is 20.8. The first-order valence-corrected chi connectivity index (χ1v) is 9.76. The second kappa shape index (κ2) is 7.46. The van der Waals surface area contributed by atoms with E-state index < -0.39 is 11.5 Å². The Hall–Kier alpha value is -2.96. The third-order valence-electron chi connectivity index (χ3n) is 5.02. The topological polar surface area (TPSA) is 81.5 Å². The number of fused-ring (bicyclic) bond motifs is 1. The highest BCUT2D eigenvalue weighted by Crippen LogP contribution is 2.36. The molecule has 2 aromatic rings. The van der Waals surface area contributed by atoms with Gasteiger partial charge in [0.1, 0.15) is 5.75 Å². The zero-order valence-corrected chi connectivity index (χ0v) is 17.8. The average molecular weight is 397 g/mol. The lowest BCUT2D eigenvalue weighted by atomic mass is 9.90. The van der Waals surface area contributed by atoms with Crippen LogP contribution in [-0.2, 0) is 9.59 Å². The number of rotatable bonds is 4. The third-order valence-corrected chi connectivity index (χ3v) is 5.02. The summed E-state index contributed by atoms with van der Waals surface area (Å²) in [5.41, 5.74) is 1.69. The summed E-state index contributed by atoms with van der Waals surface area (Å²) in [6.45, 7) is 10.9. The van der Waals surface area contributed by atoms with Gasteiger partial charge in [-0.15, -0.1) is 0 Å². The molecule has 1 aromatic carbocycles. The molecule has 7 heteroatoms. The minimum Gasteiger partial charge on any atom is -0.478 e. The number of amides is 1. The number of carbonyl (C=O) groups is 3. The van der Waals surface area contributed by atoms with Crippen LogP contribution in [0.15, 0.2) is 24.3 Å². The molecule has 0 bridgehead atoms. The fourth-order valence-electron chi connectivity index (χ4n) is 3.22. The molecule has 0 radical (unpaired) electrons. The number of nitrogens with zero attached hydrogens (tertiary/aromatic N) is 3. The quantitative estimate of drug-likeness (QED) is 0.791. The molecule has 1 aliphatic rings. The molecule has 29 heavy (non-hydrogen) atoms. The maximum absolute atomic E-state index is 12.9. The smallest absolute Gasteiger partial charge is 0.278 e. The Bertz CT molecular complexity index is 984. The molecule has 0 aliphatic carbocycles. The van der Waals surface area contributed by atoms with Crippen molar-refractivity contribution in [1.82, 2.24) is 9.78 Å². The van der Waals surface area contributed by atoms with Crippen LogP contribution in [0.1, 0.15) is 55.9 Å². The Morgan fingerprint density at radius 3 is 2.41 bits per heavy atom. The van der Waals surface area contributed by atoms with Gasteiger partial charge in [0.25, 0.3) is 11.8 Å². The number of aromatic nitrogens is 2. The van der Waals surface area contributed by atoms with Crippen LogP contribution in [0.25, 0.3) is 0 Å². The molecular weight excluding hydrogens is 370 g/mol. The summed E-state index contributed by atoms with van der Waals surface area (Å²) < 4.78 is 7.16. The molecular formula is C22H27N3O4. The van der Waals surface area contributed by atoms with Crippen molar-refractivity contribution >= 4 is 23.3 Å². The number of hydrogen-bond donors (Lipinski definition) is 0. The Kier molecular flexibility index (Phi) is 5.34. The third kappa shape index (κ3) is 3.95. The van der Waals surface area contributed by atoms with E-state index in [2.05, 4.69) is 5.10 Å². The second-order valence-corrected chi connectivity index (χ2v) is 8.44. The maximum atomic E-state index is 12.9. The van der Waals surface area contributed by atoms with Crippen molar-refractivity contribution in [3.05, 3.63) is 41.2 Å². The molecule has 2 heterocycles. The van der Waals surface area contributed by atoms with Crippen LogP contribution < -0.4 is 9.64 Å². The van der Waals surface area contributed by atoms with Gasteiger partial charge in [-0.05, 0) is 44.5 Å². The molecule has 1 atom stereocenters. The zero-order valence-electron chi connectivity index (χ0n) is 17.8. The minimum absolute atomic E-state index is 0.0628. The van der Waals surface area contributed by atoms with Crippen LogP contribution in [0, 0.1) is 19.3 Å². The Balaban J connectivity index is 2.03. The van der Waals surface area contributed by atoms with E-state index in [0.717, 1.165) is 11.4 Å². The van der Waals surface area contributed by atoms with Crippen LogP contribution in [0.2, 0.25) is 0 Å². The number of Topliss-reactive ketones (excluding diaryl/α,β-unsaturated/α-hetero) is 1. The van der Waals surface area contributed by atoms with Gasteiger partial charge in [-0.3, -0.25) is 19.3 Å². The molecule has 7 nitrogen and oxygen atoms in total. The van der Waals surface area contributed by atoms with E-state index in [9.17, 15) is 14.4 Å². The summed E-state index contributed by atoms with van der Waals surface area (Å²) in [5, 5.41) is 4.24. The van der Waals surface area contributed by atoms with Crippen LogP contribution in [-0.4, -0.2) is 40.0 Å². The van der Waals surface area contributed by atoms with Gasteiger partial charge in [-0.25, -0.2) is 4.68 Å². The van der Waals surface area contributed by atoms with E-state index in [-0.39, 0.29) is 24.1 Å². The summed E-state index contributed by atoms with van der Waals surface area (Å²) in [7, 11) is 0. The minimum atomic E-state index is -0.646. The Labute approximate surface area is 170 Å². The fraction of sp³-hybridized carbons (Fsp3) is 0.455. The number of aryl methyl sites for hydroxylation is 2. The molecule has 1 aliphatic heterocycles. The largest absolute Gasteiger partial charge is 0.478 e. The molecule has 0 unspecified atom stereocenters. The van der Waals surface area contributed by atoms with Gasteiger partial charge in [-0.2, -0.15) is 5.10 Å². The van der Waals surface area contributed by atoms with E-state index >= 15 is 0 Å². The predicted molar refractivity (Wildman–Crippen MR) is 109 cm³/mol. The number of ketones is 1. The number of benzene rings is 1. The van der Waals surface area contributed by atoms with Crippen molar-refractivity contribution in [2.45, 2.75) is 54.1 Å². The van der Waals surface area contributed by atoms with Gasteiger partial charge in [0.15, 0.2) is 11.9 Å². The van der Waals surface area contributed by atoms with Gasteiger partial charge >= 0.3 is 0 Å². The molecule has 0 spiro atoms. The summed E-state index contributed by atoms with van der Waals surface area (Å²) in [6, 6.07) is 6.76. The van der Waals surface area contributed by atoms with Crippen molar-refractivity contribution in [2.75, 3.05) is 11.4 Å². The van der Waals surface area contributed by atoms with E-state index in [1.807, 2.05) is 47.6 Å². The first-order valence-electron chi connectivity index (χ1n) is 9.76. The first-order chi connectivity index (χ1) is 13.5. The highest BCUT2D eigenvalue weighted by Gasteiger charge is 2.36. The lowest BCUT2D eigenvalue weighted by molar-refractivity contribution is -0.130. The average Bonchev–Trinajstić information content (AvgIpc) is 2.99. The maximum Gasteiger partial charge on any atom is 0.278 e. The lowest BCUT2D eigenvalue weighted by Gasteiger charge is -2.35. The highest BCUT2D eigenvalue weighted by molar-refractivity contribution is 6.06. The van der Waals surface area contributed by atoms with Crippen LogP contribution in [0.3, 0.4) is 0 Å². The van der Waals surface area contributed by atoms with Crippen molar-refractivity contribution < 1.29 is 19.1 Å². The van der Waals surface area contributed by atoms with Crippen LogP contribution >= 0.6 is 0 Å². The molecule has 0 N–H and O–H groups in total. The van der Waals surface area contributed by atoms with Gasteiger partial charge < -0.3 is 4.74 Å². The molecule has 0 saturated heterocycles. The van der Waals surface area contributed by atoms with Crippen molar-refractivity contribution in [3.63, 3.8) is 0 Å². The number of carbonyl (C=O) groups excluding carboxylic acids is 3. The lowest BCUT2D eigenvalue weighted by Crippen LogP contribution is -2.49. The number of hydrogen-bond acceptors (Lipinski definition) is 5. The van der Waals surface area contributed by atoms with Crippen LogP contribution in [0.5, 0.6) is 5.75 Å². The number of anilines is 1. The van der Waals surface area contributed by atoms with Gasteiger partial charge in [0, 0.05) is 16.7 Å². The number of ether oxygens (including phenoxy) is 1. The molecule has 0 fully saturated rings. The predicted octanol–water partition coefficient (Wildman–Crippen LogP) is 3.31. The fourth-order valence-corrected chi connectivity index (χ4v) is 3.22. The summed E-state index contributed by atoms with van der Waals surface area (Å²) in [6.07, 6.45) is -0.155. The summed E-state index contributed by atoms with van der Waals surface area (Å²) >= 11 is 0. The Morgan fingerprint density at radius 2 is 1.86 bits per heavy atom. The van der Waals surface area contributed by atoms with Gasteiger partial charge in [0.05, 0.1) is 17.9 Å². The second-order valence-electron chi connectivity index (χ2n) is 8.44. The molecule has 1 amide bonds. The molecule has 3 rings (SSSR count). The van der Waals surface area contributed by atoms with Gasteiger partial charge in [-0.1, -0.05) is 27.7 Å². The summed E-state index contributed by atoms with van der Waals surface area (Å²) in [4.78, 5) is 40.0.